The Morgan fingerprint density at radius 1 is 0.162 bits per heavy atom. The van der Waals surface area contributed by atoms with Crippen LogP contribution in [0.2, 0.25) is 0 Å². The molecule has 0 bridgehead atoms. The van der Waals surface area contributed by atoms with Gasteiger partial charge in [0, 0.05) is 141 Å². The molecule has 0 unspecified atom stereocenters. The fourth-order valence-electron chi connectivity index (χ4n) is 19.5. The molecule has 0 spiro atoms. The molecule has 8 aromatic heterocycles. The topological polar surface area (TPSA) is 113 Å². The quantitative estimate of drug-likeness (QED) is 0.0940. The average Bonchev–Trinajstić information content (AvgIpc) is 1.56. The van der Waals surface area contributed by atoms with Crippen molar-refractivity contribution in [2.45, 2.75) is 0 Å². The highest BCUT2D eigenvalue weighted by Crippen LogP contribution is 2.50. The number of pyridine rings is 2. The maximum absolute atomic E-state index is 5.42. The summed E-state index contributed by atoms with van der Waals surface area (Å²) in [5.74, 6) is 3.50. The van der Waals surface area contributed by atoms with Gasteiger partial charge in [-0.1, -0.05) is 358 Å². The Hall–Kier alpha value is -17.7. The molecule has 0 saturated carbocycles. The van der Waals surface area contributed by atoms with Crippen molar-refractivity contribution in [1.82, 2.24) is 49.0 Å². The summed E-state index contributed by atoms with van der Waals surface area (Å²) in [6.07, 6.45) is 4.00. The predicted octanol–water partition coefficient (Wildman–Crippen LogP) is 32.8. The van der Waals surface area contributed by atoms with Crippen molar-refractivity contribution in [1.29, 1.82) is 0 Å². The van der Waals surface area contributed by atoms with Gasteiger partial charge in [-0.25, -0.2) is 29.9 Å². The van der Waals surface area contributed by atoms with Crippen LogP contribution in [0.1, 0.15) is 0 Å². The van der Waals surface area contributed by atoms with E-state index >= 15 is 0 Å². The highest BCUT2D eigenvalue weighted by atomic mass is 32.1. The standard InChI is InChI=1S/2C62H39N5S/c1-6-18-40(19-7-1)48-32-30-44(36-50(48)41-20-8-2-9-21-41)46-38-52(62-65-60(42-22-10-3-11-23-42)64-61(66-62)43-24-12-4-13-25-43)59(63-39-46)45-31-34-55-51(37-45)58-56(68-55)35-33-54-57(58)49-28-16-17-29-53(49)67(54)47-26-14-5-15-27-47;1-6-18-40(19-7-1)48-32-30-44(36-51(48)41-20-8-2-9-21-41)46-37-52(62-65-60(42-22-10-3-11-23-42)64-61(66-62)43-24-12-4-13-25-43)59(63-39-46)45-31-33-50-56(38-45)68-55-35-34-54-57(58(50)55)49-28-16-17-29-53(49)67(54)47-26-14-5-15-27-47/h2*1-39H. The molecule has 0 N–H and O–H groups in total. The van der Waals surface area contributed by atoms with E-state index in [0.717, 1.165) is 117 Å². The molecule has 0 aliphatic rings. The number of hydrogen-bond donors (Lipinski definition) is 0. The summed E-state index contributed by atoms with van der Waals surface area (Å²) in [5, 5.41) is 9.92. The van der Waals surface area contributed by atoms with Crippen molar-refractivity contribution in [3.05, 3.63) is 473 Å². The molecule has 0 saturated heterocycles. The van der Waals surface area contributed by atoms with E-state index in [1.165, 1.54) is 101 Å². The lowest BCUT2D eigenvalue weighted by Crippen LogP contribution is -2.02. The number of hydrogen-bond acceptors (Lipinski definition) is 10. The third-order valence-electron chi connectivity index (χ3n) is 25.8. The van der Waals surface area contributed by atoms with Crippen molar-refractivity contribution in [2.75, 3.05) is 0 Å². The first-order valence-corrected chi connectivity index (χ1v) is 47.2. The second-order valence-corrected chi connectivity index (χ2v) is 36.1. The Balaban J connectivity index is 0.000000145. The first-order valence-electron chi connectivity index (χ1n) is 45.6. The van der Waals surface area contributed by atoms with Crippen LogP contribution in [-0.4, -0.2) is 49.0 Å². The fraction of sp³-hybridized carbons (Fsp3) is 0. The van der Waals surface area contributed by atoms with Crippen LogP contribution in [0.5, 0.6) is 0 Å². The lowest BCUT2D eigenvalue weighted by molar-refractivity contribution is 1.07. The summed E-state index contributed by atoms with van der Waals surface area (Å²) >= 11 is 3.65. The average molecular weight is 1770 g/mol. The van der Waals surface area contributed by atoms with Crippen LogP contribution in [0.3, 0.4) is 0 Å². The van der Waals surface area contributed by atoms with Crippen LogP contribution in [0.4, 0.5) is 0 Å². The van der Waals surface area contributed by atoms with Gasteiger partial charge in [-0.15, -0.1) is 22.7 Å². The first-order chi connectivity index (χ1) is 67.4. The van der Waals surface area contributed by atoms with Gasteiger partial charge in [0.2, 0.25) is 0 Å². The molecule has 26 rings (SSSR count). The number of rotatable bonds is 16. The summed E-state index contributed by atoms with van der Waals surface area (Å²) in [7, 11) is 0. The molecule has 10 nitrogen and oxygen atoms in total. The third-order valence-corrected chi connectivity index (χ3v) is 28.1. The Morgan fingerprint density at radius 3 is 0.860 bits per heavy atom. The summed E-state index contributed by atoms with van der Waals surface area (Å²) < 4.78 is 9.68. The minimum absolute atomic E-state index is 0.551. The minimum Gasteiger partial charge on any atom is -0.309 e. The maximum atomic E-state index is 5.42. The summed E-state index contributed by atoms with van der Waals surface area (Å²) in [4.78, 5) is 42.0. The monoisotopic (exact) mass is 1770 g/mol. The molecule has 0 fully saturated rings. The lowest BCUT2D eigenvalue weighted by atomic mass is 9.91. The summed E-state index contributed by atoms with van der Waals surface area (Å²) in [6.45, 7) is 0. The van der Waals surface area contributed by atoms with Crippen molar-refractivity contribution in [3.63, 3.8) is 0 Å². The number of thiophene rings is 2. The van der Waals surface area contributed by atoms with Crippen molar-refractivity contribution in [3.8, 4) is 169 Å². The van der Waals surface area contributed by atoms with Crippen molar-refractivity contribution in [2.24, 2.45) is 0 Å². The number of benzene rings is 18. The van der Waals surface area contributed by atoms with Crippen LogP contribution in [-0.2, 0) is 0 Å². The SMILES string of the molecule is c1ccc(-c2nc(-c3ccccc3)nc(-c3cc(-c4ccc(-c5ccccc5)c(-c5ccccc5)c4)cnc3-c3ccc4c(c3)sc3ccc5c(c6ccccc6n5-c5ccccc5)c34)n2)cc1.c1ccc(-c2nc(-c3ccccc3)nc(-c3cc(-c4ccc(-c5ccccc5)c(-c5ccccc5)c4)cnc3-c3ccc4sc5ccc6c(c7ccccc7n6-c6ccccc6)c5c4c3)n2)cc1. The predicted molar refractivity (Wildman–Crippen MR) is 566 cm³/mol. The Bertz CT molecular complexity index is 8930. The number of aromatic nitrogens is 10. The highest BCUT2D eigenvalue weighted by molar-refractivity contribution is 7.26. The molecule has 26 aromatic rings. The molecule has 0 atom stereocenters. The van der Waals surface area contributed by atoms with Gasteiger partial charge in [0.25, 0.3) is 0 Å². The van der Waals surface area contributed by atoms with Crippen LogP contribution in [0.25, 0.3) is 253 Å². The molecule has 12 heteroatoms. The van der Waals surface area contributed by atoms with Gasteiger partial charge in [0.05, 0.1) is 33.5 Å². The molecule has 0 aliphatic carbocycles. The zero-order valence-electron chi connectivity index (χ0n) is 73.3. The molecular formula is C124H78N10S2. The van der Waals surface area contributed by atoms with E-state index in [9.17, 15) is 0 Å². The number of para-hydroxylation sites is 4. The third kappa shape index (κ3) is 14.7. The smallest absolute Gasteiger partial charge is 0.166 e. The molecule has 0 radical (unpaired) electrons. The summed E-state index contributed by atoms with van der Waals surface area (Å²) in [6, 6.07) is 162. The van der Waals surface area contributed by atoms with Crippen molar-refractivity contribution >= 4 is 107 Å². The molecule has 0 aliphatic heterocycles. The van der Waals surface area contributed by atoms with Crippen molar-refractivity contribution < 1.29 is 0 Å². The van der Waals surface area contributed by atoms with E-state index in [1.807, 2.05) is 156 Å². The van der Waals surface area contributed by atoms with E-state index in [-0.39, 0.29) is 0 Å². The van der Waals surface area contributed by atoms with Gasteiger partial charge in [-0.05, 0) is 159 Å². The Labute approximate surface area is 792 Å². The molecule has 636 valence electrons. The van der Waals surface area contributed by atoms with Crippen LogP contribution >= 0.6 is 22.7 Å². The van der Waals surface area contributed by atoms with Gasteiger partial charge < -0.3 is 9.13 Å². The largest absolute Gasteiger partial charge is 0.309 e. The molecule has 136 heavy (non-hydrogen) atoms. The lowest BCUT2D eigenvalue weighted by Gasteiger charge is -2.15. The Kier molecular flexibility index (Phi) is 20.4. The highest BCUT2D eigenvalue weighted by Gasteiger charge is 2.27. The first kappa shape index (κ1) is 80.4. The summed E-state index contributed by atoms with van der Waals surface area (Å²) in [5.41, 5.74) is 29.1. The van der Waals surface area contributed by atoms with Gasteiger partial charge in [-0.2, -0.15) is 0 Å². The van der Waals surface area contributed by atoms with E-state index in [4.69, 9.17) is 39.9 Å². The second kappa shape index (κ2) is 34.6. The molecule has 0 amide bonds. The number of nitrogens with zero attached hydrogens (tertiary/aromatic N) is 10. The van der Waals surface area contributed by atoms with Gasteiger partial charge >= 0.3 is 0 Å². The fourth-order valence-corrected chi connectivity index (χ4v) is 21.7. The van der Waals surface area contributed by atoms with E-state index < -0.39 is 0 Å². The van der Waals surface area contributed by atoms with Crippen LogP contribution < -0.4 is 0 Å². The zero-order chi connectivity index (χ0) is 89.9. The van der Waals surface area contributed by atoms with E-state index in [1.54, 1.807) is 0 Å². The normalized spacial score (nSPS) is 11.5. The molecule has 18 aromatic carbocycles. The van der Waals surface area contributed by atoms with Crippen LogP contribution in [0, 0.1) is 0 Å². The van der Waals surface area contributed by atoms with E-state index in [2.05, 4.69) is 349 Å². The van der Waals surface area contributed by atoms with E-state index in [0.29, 0.717) is 34.9 Å². The van der Waals surface area contributed by atoms with Gasteiger partial charge in [0.15, 0.2) is 34.9 Å². The zero-order valence-corrected chi connectivity index (χ0v) is 75.0. The van der Waals surface area contributed by atoms with Crippen LogP contribution in [0.15, 0.2) is 473 Å². The van der Waals surface area contributed by atoms with Gasteiger partial charge in [0.1, 0.15) is 0 Å². The van der Waals surface area contributed by atoms with Gasteiger partial charge in [-0.3, -0.25) is 9.97 Å². The number of fused-ring (bicyclic) bond motifs is 14. The molecule has 8 heterocycles. The second-order valence-electron chi connectivity index (χ2n) is 34.0. The maximum Gasteiger partial charge on any atom is 0.166 e. The molecular weight excluding hydrogens is 1690 g/mol. The minimum atomic E-state index is 0.551. The Morgan fingerprint density at radius 2 is 0.463 bits per heavy atom.